The van der Waals surface area contributed by atoms with Crippen molar-refractivity contribution in [3.8, 4) is 23.0 Å². The summed E-state index contributed by atoms with van der Waals surface area (Å²) >= 11 is 1.37. The van der Waals surface area contributed by atoms with Crippen molar-refractivity contribution in [1.82, 2.24) is 9.97 Å². The van der Waals surface area contributed by atoms with Gasteiger partial charge in [0.25, 0.3) is 5.91 Å². The van der Waals surface area contributed by atoms with Gasteiger partial charge in [0.1, 0.15) is 33.2 Å². The van der Waals surface area contributed by atoms with Gasteiger partial charge in [-0.2, -0.15) is 0 Å². The standard InChI is InChI=1S/C28H23N3O4S/c1-33-23-14-15-24(34-2)26-25(23)30-28(36-26)31(18-19-9-8-16-29-17-19)27(32)21-12-6-7-13-22(21)35-20-10-4-3-5-11-20/h3-17H,18H2,1-2H3. The molecule has 180 valence electrons. The fourth-order valence-corrected chi connectivity index (χ4v) is 4.86. The molecule has 1 amide bonds. The van der Waals surface area contributed by atoms with E-state index in [1.54, 1.807) is 49.7 Å². The Kier molecular flexibility index (Phi) is 6.77. The minimum Gasteiger partial charge on any atom is -0.495 e. The van der Waals surface area contributed by atoms with Crippen molar-refractivity contribution in [2.75, 3.05) is 19.1 Å². The van der Waals surface area contributed by atoms with Gasteiger partial charge in [0.2, 0.25) is 0 Å². The number of carbonyl (C=O) groups is 1. The number of nitrogens with zero attached hydrogens (tertiary/aromatic N) is 3. The number of hydrogen-bond donors (Lipinski definition) is 0. The fourth-order valence-electron chi connectivity index (χ4n) is 3.78. The molecule has 2 heterocycles. The first-order chi connectivity index (χ1) is 17.7. The Labute approximate surface area is 212 Å². The minimum absolute atomic E-state index is 0.248. The van der Waals surface area contributed by atoms with Crippen LogP contribution in [0.2, 0.25) is 0 Å². The third-order valence-corrected chi connectivity index (χ3v) is 6.62. The number of rotatable bonds is 8. The Hall–Kier alpha value is -4.43. The van der Waals surface area contributed by atoms with Gasteiger partial charge in [0.15, 0.2) is 5.13 Å². The molecular formula is C28H23N3O4S. The average Bonchev–Trinajstić information content (AvgIpc) is 3.38. The van der Waals surface area contributed by atoms with Gasteiger partial charge in [0, 0.05) is 12.4 Å². The molecule has 0 N–H and O–H groups in total. The van der Waals surface area contributed by atoms with Gasteiger partial charge in [-0.3, -0.25) is 14.7 Å². The number of hydrogen-bond acceptors (Lipinski definition) is 7. The highest BCUT2D eigenvalue weighted by atomic mass is 32.1. The van der Waals surface area contributed by atoms with E-state index in [9.17, 15) is 4.79 Å². The SMILES string of the molecule is COc1ccc(OC)c2sc(N(Cc3cccnc3)C(=O)c3ccccc3Oc3ccccc3)nc12. The fraction of sp³-hybridized carbons (Fsp3) is 0.107. The molecule has 7 nitrogen and oxygen atoms in total. The molecule has 0 radical (unpaired) electrons. The molecule has 0 fully saturated rings. The number of para-hydroxylation sites is 2. The maximum Gasteiger partial charge on any atom is 0.264 e. The minimum atomic E-state index is -0.248. The van der Waals surface area contributed by atoms with Crippen LogP contribution in [-0.4, -0.2) is 30.1 Å². The van der Waals surface area contributed by atoms with E-state index < -0.39 is 0 Å². The highest BCUT2D eigenvalue weighted by molar-refractivity contribution is 7.22. The Bertz CT molecular complexity index is 1450. The van der Waals surface area contributed by atoms with Crippen molar-refractivity contribution in [1.29, 1.82) is 0 Å². The summed E-state index contributed by atoms with van der Waals surface area (Å²) in [6, 6.07) is 24.0. The van der Waals surface area contributed by atoms with Gasteiger partial charge in [-0.1, -0.05) is 47.7 Å². The second-order valence-electron chi connectivity index (χ2n) is 7.81. The van der Waals surface area contributed by atoms with Crippen molar-refractivity contribution in [3.05, 3.63) is 102 Å². The zero-order valence-corrected chi connectivity index (χ0v) is 20.6. The Morgan fingerprint density at radius 1 is 0.861 bits per heavy atom. The van der Waals surface area contributed by atoms with Gasteiger partial charge in [0.05, 0.1) is 26.3 Å². The maximum absolute atomic E-state index is 14.1. The van der Waals surface area contributed by atoms with Gasteiger partial charge >= 0.3 is 0 Å². The third kappa shape index (κ3) is 4.71. The number of amides is 1. The summed E-state index contributed by atoms with van der Waals surface area (Å²) in [5.41, 5.74) is 1.92. The predicted molar refractivity (Wildman–Crippen MR) is 140 cm³/mol. The lowest BCUT2D eigenvalue weighted by Gasteiger charge is -2.21. The number of ether oxygens (including phenoxy) is 3. The lowest BCUT2D eigenvalue weighted by Crippen LogP contribution is -2.30. The molecule has 5 aromatic rings. The van der Waals surface area contributed by atoms with E-state index in [1.807, 2.05) is 60.7 Å². The van der Waals surface area contributed by atoms with E-state index >= 15 is 0 Å². The van der Waals surface area contributed by atoms with Crippen LogP contribution in [0.5, 0.6) is 23.0 Å². The molecule has 0 saturated heterocycles. The number of anilines is 1. The third-order valence-electron chi connectivity index (χ3n) is 5.53. The smallest absolute Gasteiger partial charge is 0.264 e. The van der Waals surface area contributed by atoms with E-state index in [4.69, 9.17) is 19.2 Å². The lowest BCUT2D eigenvalue weighted by atomic mass is 10.1. The quantitative estimate of drug-likeness (QED) is 0.249. The van der Waals surface area contributed by atoms with Crippen molar-refractivity contribution >= 4 is 32.6 Å². The van der Waals surface area contributed by atoms with Crippen LogP contribution in [0.1, 0.15) is 15.9 Å². The summed E-state index contributed by atoms with van der Waals surface area (Å²) < 4.78 is 18.0. The lowest BCUT2D eigenvalue weighted by molar-refractivity contribution is 0.0983. The summed E-state index contributed by atoms with van der Waals surface area (Å²) in [6.07, 6.45) is 3.44. The van der Waals surface area contributed by atoms with Crippen LogP contribution in [0.3, 0.4) is 0 Å². The predicted octanol–water partition coefficient (Wildman–Crippen LogP) is 6.35. The average molecular weight is 498 g/mol. The summed E-state index contributed by atoms with van der Waals surface area (Å²) in [4.78, 5) is 24.7. The Morgan fingerprint density at radius 2 is 1.61 bits per heavy atom. The van der Waals surface area contributed by atoms with Crippen LogP contribution >= 0.6 is 11.3 Å². The Balaban J connectivity index is 1.60. The molecule has 2 aromatic heterocycles. The highest BCUT2D eigenvalue weighted by Gasteiger charge is 2.26. The second-order valence-corrected chi connectivity index (χ2v) is 8.79. The van der Waals surface area contributed by atoms with Gasteiger partial charge in [-0.15, -0.1) is 0 Å². The summed E-state index contributed by atoms with van der Waals surface area (Å²) in [5.74, 6) is 2.13. The number of carbonyl (C=O) groups excluding carboxylic acids is 1. The van der Waals surface area contributed by atoms with E-state index in [0.29, 0.717) is 39.2 Å². The maximum atomic E-state index is 14.1. The number of aromatic nitrogens is 2. The van der Waals surface area contributed by atoms with Crippen LogP contribution in [0, 0.1) is 0 Å². The molecule has 8 heteroatoms. The molecule has 0 aliphatic heterocycles. The van der Waals surface area contributed by atoms with E-state index in [0.717, 1.165) is 10.3 Å². The van der Waals surface area contributed by atoms with E-state index in [2.05, 4.69) is 4.98 Å². The number of methoxy groups -OCH3 is 2. The summed E-state index contributed by atoms with van der Waals surface area (Å²) in [7, 11) is 3.20. The number of pyridine rings is 1. The zero-order chi connectivity index (χ0) is 24.9. The monoisotopic (exact) mass is 497 g/mol. The first-order valence-corrected chi connectivity index (χ1v) is 12.0. The molecule has 0 spiro atoms. The first-order valence-electron chi connectivity index (χ1n) is 11.2. The van der Waals surface area contributed by atoms with Gasteiger partial charge in [-0.05, 0) is 48.0 Å². The van der Waals surface area contributed by atoms with Crippen molar-refractivity contribution in [3.63, 3.8) is 0 Å². The van der Waals surface area contributed by atoms with Crippen LogP contribution in [0.25, 0.3) is 10.2 Å². The topological polar surface area (TPSA) is 73.8 Å². The molecule has 3 aromatic carbocycles. The molecule has 0 bridgehead atoms. The van der Waals surface area contributed by atoms with Crippen molar-refractivity contribution in [2.45, 2.75) is 6.54 Å². The highest BCUT2D eigenvalue weighted by Crippen LogP contribution is 2.41. The largest absolute Gasteiger partial charge is 0.495 e. The van der Waals surface area contributed by atoms with Crippen LogP contribution < -0.4 is 19.1 Å². The molecule has 0 aliphatic rings. The first kappa shape index (κ1) is 23.3. The summed E-state index contributed by atoms with van der Waals surface area (Å²) in [5, 5.41) is 0.510. The number of benzene rings is 3. The van der Waals surface area contributed by atoms with E-state index in [-0.39, 0.29) is 12.5 Å². The van der Waals surface area contributed by atoms with Gasteiger partial charge < -0.3 is 14.2 Å². The van der Waals surface area contributed by atoms with Crippen LogP contribution in [-0.2, 0) is 6.54 Å². The molecule has 5 rings (SSSR count). The van der Waals surface area contributed by atoms with E-state index in [1.165, 1.54) is 11.3 Å². The Morgan fingerprint density at radius 3 is 2.36 bits per heavy atom. The molecule has 0 aliphatic carbocycles. The van der Waals surface area contributed by atoms with Crippen LogP contribution in [0.4, 0.5) is 5.13 Å². The molecular weight excluding hydrogens is 474 g/mol. The summed E-state index contributed by atoms with van der Waals surface area (Å²) in [6.45, 7) is 0.275. The molecule has 0 saturated carbocycles. The second kappa shape index (κ2) is 10.5. The van der Waals surface area contributed by atoms with Crippen LogP contribution in [0.15, 0.2) is 91.3 Å². The van der Waals surface area contributed by atoms with Crippen molar-refractivity contribution in [2.24, 2.45) is 0 Å². The van der Waals surface area contributed by atoms with Gasteiger partial charge in [-0.25, -0.2) is 4.98 Å². The zero-order valence-electron chi connectivity index (χ0n) is 19.8. The number of thiazole rings is 1. The molecule has 0 atom stereocenters. The molecule has 0 unspecified atom stereocenters. The normalized spacial score (nSPS) is 10.7. The molecule has 36 heavy (non-hydrogen) atoms. The number of fused-ring (bicyclic) bond motifs is 1. The van der Waals surface area contributed by atoms with Crippen molar-refractivity contribution < 1.29 is 19.0 Å².